The smallest absolute Gasteiger partial charge is 0.337 e. The number of benzene rings is 1. The van der Waals surface area contributed by atoms with E-state index in [1.807, 2.05) is 20.8 Å². The molecular weight excluding hydrogens is 322 g/mol. The normalized spacial score (nSPS) is 11.0. The lowest BCUT2D eigenvalue weighted by Crippen LogP contribution is -2.15. The Balaban J connectivity index is 1.96. The van der Waals surface area contributed by atoms with Crippen LogP contribution in [0.2, 0.25) is 0 Å². The first-order valence-corrected chi connectivity index (χ1v) is 8.04. The third kappa shape index (κ3) is 3.55. The molecule has 2 aromatic heterocycles. The van der Waals surface area contributed by atoms with Gasteiger partial charge in [0.25, 0.3) is 5.91 Å². The summed E-state index contributed by atoms with van der Waals surface area (Å²) in [6.07, 6.45) is 3.31. The molecule has 130 valence electrons. The van der Waals surface area contributed by atoms with Gasteiger partial charge in [-0.05, 0) is 32.9 Å². The molecule has 0 bridgehead atoms. The van der Waals surface area contributed by atoms with Crippen molar-refractivity contribution in [1.29, 1.82) is 0 Å². The van der Waals surface area contributed by atoms with E-state index in [1.54, 1.807) is 35.3 Å². The number of hydrogen-bond donors (Lipinski definition) is 1. The molecule has 0 fully saturated rings. The zero-order valence-corrected chi connectivity index (χ0v) is 14.3. The second-order valence-corrected chi connectivity index (χ2v) is 5.83. The quantitative estimate of drug-likeness (QED) is 0.720. The maximum atomic E-state index is 12.6. The highest BCUT2D eigenvalue weighted by atomic mass is 16.5. The molecule has 0 aliphatic rings. The highest BCUT2D eigenvalue weighted by Crippen LogP contribution is 2.23. The van der Waals surface area contributed by atoms with Gasteiger partial charge in [0.15, 0.2) is 0 Å². The Kier molecular flexibility index (Phi) is 4.56. The van der Waals surface area contributed by atoms with Crippen molar-refractivity contribution >= 4 is 22.6 Å². The van der Waals surface area contributed by atoms with Crippen molar-refractivity contribution in [2.75, 3.05) is 11.9 Å². The Hall–Kier alpha value is -3.09. The zero-order valence-electron chi connectivity index (χ0n) is 14.3. The minimum absolute atomic E-state index is 0.187. The summed E-state index contributed by atoms with van der Waals surface area (Å²) in [6.45, 7) is 6.34. The molecule has 2 heterocycles. The maximum Gasteiger partial charge on any atom is 0.337 e. The second-order valence-electron chi connectivity index (χ2n) is 5.83. The third-order valence-corrected chi connectivity index (χ3v) is 3.66. The Morgan fingerprint density at radius 3 is 2.84 bits per heavy atom. The predicted molar refractivity (Wildman–Crippen MR) is 94.2 cm³/mol. The van der Waals surface area contributed by atoms with Gasteiger partial charge in [-0.25, -0.2) is 4.79 Å². The molecule has 1 aromatic carbocycles. The summed E-state index contributed by atoms with van der Waals surface area (Å²) in [4.78, 5) is 24.4. The molecule has 0 atom stereocenters. The summed E-state index contributed by atoms with van der Waals surface area (Å²) in [6, 6.07) is 6.42. The second kappa shape index (κ2) is 6.80. The highest BCUT2D eigenvalue weighted by molar-refractivity contribution is 6.11. The van der Waals surface area contributed by atoms with Crippen LogP contribution in [-0.2, 0) is 0 Å². The average molecular weight is 341 g/mol. The van der Waals surface area contributed by atoms with E-state index >= 15 is 0 Å². The lowest BCUT2D eigenvalue weighted by molar-refractivity contribution is 0.102. The predicted octanol–water partition coefficient (Wildman–Crippen LogP) is 3.22. The van der Waals surface area contributed by atoms with Crippen LogP contribution in [0.3, 0.4) is 0 Å². The van der Waals surface area contributed by atoms with Crippen LogP contribution in [0.25, 0.3) is 11.0 Å². The molecule has 0 aliphatic heterocycles. The molecular formula is C18H19N3O4. The van der Waals surface area contributed by atoms with Gasteiger partial charge in [0.2, 0.25) is 0 Å². The van der Waals surface area contributed by atoms with E-state index in [-0.39, 0.29) is 11.6 Å². The van der Waals surface area contributed by atoms with Gasteiger partial charge in [0, 0.05) is 29.8 Å². The molecule has 7 heteroatoms. The zero-order chi connectivity index (χ0) is 18.0. The Bertz CT molecular complexity index is 972. The van der Waals surface area contributed by atoms with Gasteiger partial charge < -0.3 is 14.5 Å². The molecule has 0 saturated heterocycles. The van der Waals surface area contributed by atoms with Crippen molar-refractivity contribution in [3.63, 3.8) is 0 Å². The Labute approximate surface area is 144 Å². The fraction of sp³-hybridized carbons (Fsp3) is 0.278. The van der Waals surface area contributed by atoms with Crippen LogP contribution in [0.5, 0.6) is 5.75 Å². The Morgan fingerprint density at radius 2 is 2.16 bits per heavy atom. The number of hydrogen-bond acceptors (Lipinski definition) is 5. The molecule has 1 N–H and O–H groups in total. The van der Waals surface area contributed by atoms with Gasteiger partial charge in [-0.15, -0.1) is 0 Å². The molecule has 3 rings (SSSR count). The number of nitrogens with zero attached hydrogens (tertiary/aromatic N) is 2. The standard InChI is InChI=1S/C18H19N3O4/c1-4-24-13-5-6-14-15(8-17(22)25-16(14)7-13)18(23)20-12-9-19-21(10-12)11(2)3/h5-11H,4H2,1-3H3,(H,20,23). The molecule has 25 heavy (non-hydrogen) atoms. The number of nitrogens with one attached hydrogen (secondary N) is 1. The van der Waals surface area contributed by atoms with Crippen molar-refractivity contribution in [3.05, 3.63) is 52.6 Å². The largest absolute Gasteiger partial charge is 0.494 e. The number of amides is 1. The average Bonchev–Trinajstić information content (AvgIpc) is 3.02. The van der Waals surface area contributed by atoms with Crippen LogP contribution in [-0.4, -0.2) is 22.3 Å². The fourth-order valence-corrected chi connectivity index (χ4v) is 2.47. The number of anilines is 1. The SMILES string of the molecule is CCOc1ccc2c(C(=O)Nc3cnn(C(C)C)c3)cc(=O)oc2c1. The lowest BCUT2D eigenvalue weighted by atomic mass is 10.1. The summed E-state index contributed by atoms with van der Waals surface area (Å²) < 4.78 is 12.3. The van der Waals surface area contributed by atoms with Crippen LogP contribution >= 0.6 is 0 Å². The van der Waals surface area contributed by atoms with Gasteiger partial charge in [0.1, 0.15) is 11.3 Å². The van der Waals surface area contributed by atoms with E-state index in [0.29, 0.717) is 29.0 Å². The van der Waals surface area contributed by atoms with Gasteiger partial charge in [-0.2, -0.15) is 5.10 Å². The first-order chi connectivity index (χ1) is 12.0. The Morgan fingerprint density at radius 1 is 1.36 bits per heavy atom. The van der Waals surface area contributed by atoms with Crippen LogP contribution in [0, 0.1) is 0 Å². The number of aromatic nitrogens is 2. The number of carbonyl (C=O) groups excluding carboxylic acids is 1. The van der Waals surface area contributed by atoms with Gasteiger partial charge in [0.05, 0.1) is 24.1 Å². The van der Waals surface area contributed by atoms with E-state index in [0.717, 1.165) is 0 Å². The van der Waals surface area contributed by atoms with E-state index in [4.69, 9.17) is 9.15 Å². The van der Waals surface area contributed by atoms with Crippen molar-refractivity contribution in [1.82, 2.24) is 9.78 Å². The summed E-state index contributed by atoms with van der Waals surface area (Å²) in [5.74, 6) is 0.180. The van der Waals surface area contributed by atoms with Gasteiger partial charge >= 0.3 is 5.63 Å². The monoisotopic (exact) mass is 341 g/mol. The van der Waals surface area contributed by atoms with Crippen LogP contribution in [0.4, 0.5) is 5.69 Å². The van der Waals surface area contributed by atoms with E-state index in [9.17, 15) is 9.59 Å². The van der Waals surface area contributed by atoms with E-state index in [1.165, 1.54) is 6.07 Å². The molecule has 1 amide bonds. The van der Waals surface area contributed by atoms with E-state index in [2.05, 4.69) is 10.4 Å². The first-order valence-electron chi connectivity index (χ1n) is 8.04. The number of ether oxygens (including phenoxy) is 1. The molecule has 0 unspecified atom stereocenters. The first kappa shape index (κ1) is 16.8. The van der Waals surface area contributed by atoms with Crippen molar-refractivity contribution in [2.45, 2.75) is 26.8 Å². The lowest BCUT2D eigenvalue weighted by Gasteiger charge is -2.08. The van der Waals surface area contributed by atoms with Crippen molar-refractivity contribution < 1.29 is 13.9 Å². The minimum Gasteiger partial charge on any atom is -0.494 e. The molecule has 0 radical (unpaired) electrons. The summed E-state index contributed by atoms with van der Waals surface area (Å²) in [7, 11) is 0. The number of carbonyl (C=O) groups is 1. The number of fused-ring (bicyclic) bond motifs is 1. The molecule has 7 nitrogen and oxygen atoms in total. The van der Waals surface area contributed by atoms with E-state index < -0.39 is 11.5 Å². The highest BCUT2D eigenvalue weighted by Gasteiger charge is 2.15. The van der Waals surface area contributed by atoms with Crippen molar-refractivity contribution in [3.8, 4) is 5.75 Å². The summed E-state index contributed by atoms with van der Waals surface area (Å²) >= 11 is 0. The fourth-order valence-electron chi connectivity index (χ4n) is 2.47. The van der Waals surface area contributed by atoms with Gasteiger partial charge in [-0.3, -0.25) is 9.48 Å². The molecule has 0 saturated carbocycles. The number of rotatable bonds is 5. The van der Waals surface area contributed by atoms with Crippen LogP contribution in [0.15, 0.2) is 45.9 Å². The molecule has 0 aliphatic carbocycles. The van der Waals surface area contributed by atoms with Crippen LogP contribution < -0.4 is 15.7 Å². The maximum absolute atomic E-state index is 12.6. The summed E-state index contributed by atoms with van der Waals surface area (Å²) in [5.41, 5.74) is 0.517. The molecule has 3 aromatic rings. The third-order valence-electron chi connectivity index (χ3n) is 3.66. The minimum atomic E-state index is -0.593. The molecule has 0 spiro atoms. The van der Waals surface area contributed by atoms with Crippen LogP contribution in [0.1, 0.15) is 37.2 Å². The summed E-state index contributed by atoms with van der Waals surface area (Å²) in [5, 5.41) is 7.48. The topological polar surface area (TPSA) is 86.4 Å². The van der Waals surface area contributed by atoms with Gasteiger partial charge in [-0.1, -0.05) is 0 Å². The van der Waals surface area contributed by atoms with Crippen molar-refractivity contribution in [2.24, 2.45) is 0 Å².